The quantitative estimate of drug-likeness (QED) is 0.826. The van der Waals surface area contributed by atoms with Crippen molar-refractivity contribution in [3.05, 3.63) is 35.9 Å². The van der Waals surface area contributed by atoms with Gasteiger partial charge < -0.3 is 5.32 Å². The molecule has 2 bridgehead atoms. The molecular weight excluding hydrogens is 222 g/mol. The van der Waals surface area contributed by atoms with Crippen molar-refractivity contribution in [3.8, 4) is 0 Å². The Hall–Kier alpha value is -1.22. The molecule has 1 heterocycles. The van der Waals surface area contributed by atoms with E-state index in [9.17, 15) is 0 Å². The molecule has 3 rings (SSSR count). The molecule has 1 fully saturated rings. The monoisotopic (exact) mass is 243 g/mol. The first-order chi connectivity index (χ1) is 8.72. The first-order valence-electron chi connectivity index (χ1n) is 6.92. The average molecular weight is 243 g/mol. The van der Waals surface area contributed by atoms with Crippen molar-refractivity contribution >= 4 is 0 Å². The van der Waals surface area contributed by atoms with Crippen LogP contribution in [0.4, 0.5) is 0 Å². The van der Waals surface area contributed by atoms with E-state index in [0.29, 0.717) is 6.04 Å². The van der Waals surface area contributed by atoms with Crippen LogP contribution in [0.3, 0.4) is 0 Å². The Bertz CT molecular complexity index is 455. The minimum absolute atomic E-state index is 0.570. The minimum Gasteiger partial charge on any atom is -0.308 e. The van der Waals surface area contributed by atoms with Crippen LogP contribution in [0.25, 0.3) is 0 Å². The molecule has 0 radical (unpaired) electrons. The molecule has 0 amide bonds. The molecule has 0 aromatic carbocycles. The lowest BCUT2D eigenvalue weighted by Gasteiger charge is -2.26. The number of hydrogen-bond donors (Lipinski definition) is 1. The molecule has 0 spiro atoms. The number of fused-ring (bicyclic) bond motifs is 2. The fraction of sp³-hybridized carbons (Fsp3) is 0.600. The van der Waals surface area contributed by atoms with Gasteiger partial charge in [0.05, 0.1) is 5.69 Å². The van der Waals surface area contributed by atoms with Crippen molar-refractivity contribution in [2.75, 3.05) is 0 Å². The van der Waals surface area contributed by atoms with E-state index in [0.717, 1.165) is 35.8 Å². The highest BCUT2D eigenvalue weighted by atomic mass is 15.0. The number of nitrogens with zero attached hydrogens (tertiary/aromatic N) is 2. The normalized spacial score (nSPS) is 30.9. The summed E-state index contributed by atoms with van der Waals surface area (Å²) in [6, 6.07) is 2.56. The second-order valence-corrected chi connectivity index (χ2v) is 5.71. The Morgan fingerprint density at radius 2 is 2.28 bits per heavy atom. The van der Waals surface area contributed by atoms with Gasteiger partial charge >= 0.3 is 0 Å². The molecule has 96 valence electrons. The molecular formula is C15H21N3. The van der Waals surface area contributed by atoms with E-state index in [2.05, 4.69) is 34.4 Å². The van der Waals surface area contributed by atoms with Gasteiger partial charge in [-0.25, -0.2) is 9.97 Å². The number of aromatic nitrogens is 2. The summed E-state index contributed by atoms with van der Waals surface area (Å²) < 4.78 is 0. The number of aryl methyl sites for hydroxylation is 1. The predicted octanol–water partition coefficient (Wildman–Crippen LogP) is 2.48. The van der Waals surface area contributed by atoms with Crippen molar-refractivity contribution in [2.45, 2.75) is 39.3 Å². The Kier molecular flexibility index (Phi) is 3.16. The average Bonchev–Trinajstić information content (AvgIpc) is 2.98. The van der Waals surface area contributed by atoms with Crippen LogP contribution in [0.2, 0.25) is 0 Å². The molecule has 3 nitrogen and oxygen atoms in total. The zero-order valence-electron chi connectivity index (χ0n) is 11.1. The zero-order chi connectivity index (χ0) is 12.5. The molecule has 1 aromatic heterocycles. The lowest BCUT2D eigenvalue weighted by Crippen LogP contribution is -2.35. The van der Waals surface area contributed by atoms with Crippen LogP contribution in [-0.2, 0) is 6.54 Å². The Morgan fingerprint density at radius 1 is 1.39 bits per heavy atom. The van der Waals surface area contributed by atoms with E-state index in [1.54, 1.807) is 0 Å². The first-order valence-corrected chi connectivity index (χ1v) is 6.92. The van der Waals surface area contributed by atoms with E-state index in [4.69, 9.17) is 0 Å². The van der Waals surface area contributed by atoms with Gasteiger partial charge in [-0.2, -0.15) is 0 Å². The molecule has 4 unspecified atom stereocenters. The topological polar surface area (TPSA) is 37.8 Å². The van der Waals surface area contributed by atoms with Gasteiger partial charge in [0, 0.05) is 18.8 Å². The summed E-state index contributed by atoms with van der Waals surface area (Å²) in [5.41, 5.74) is 1.09. The van der Waals surface area contributed by atoms with Gasteiger partial charge in [-0.1, -0.05) is 12.2 Å². The summed E-state index contributed by atoms with van der Waals surface area (Å²) in [6.45, 7) is 5.10. The van der Waals surface area contributed by atoms with Crippen LogP contribution < -0.4 is 5.32 Å². The van der Waals surface area contributed by atoms with Gasteiger partial charge in [0.2, 0.25) is 0 Å². The fourth-order valence-corrected chi connectivity index (χ4v) is 3.42. The van der Waals surface area contributed by atoms with Gasteiger partial charge in [0.25, 0.3) is 0 Å². The SMILES string of the molecule is Cc1nccc(CNC(C)C2CC3C=CC2C3)n1. The smallest absolute Gasteiger partial charge is 0.125 e. The van der Waals surface area contributed by atoms with Gasteiger partial charge in [0.15, 0.2) is 0 Å². The van der Waals surface area contributed by atoms with Crippen molar-refractivity contribution < 1.29 is 0 Å². The molecule has 1 aromatic rings. The van der Waals surface area contributed by atoms with Crippen LogP contribution in [0, 0.1) is 24.7 Å². The molecule has 3 heteroatoms. The molecule has 2 aliphatic carbocycles. The molecule has 0 aliphatic heterocycles. The zero-order valence-corrected chi connectivity index (χ0v) is 11.1. The van der Waals surface area contributed by atoms with E-state index in [-0.39, 0.29) is 0 Å². The Balaban J connectivity index is 1.56. The second kappa shape index (κ2) is 4.81. The van der Waals surface area contributed by atoms with E-state index in [1.165, 1.54) is 12.8 Å². The molecule has 0 saturated heterocycles. The summed E-state index contributed by atoms with van der Waals surface area (Å²) in [5.74, 6) is 3.32. The van der Waals surface area contributed by atoms with Crippen LogP contribution in [0.1, 0.15) is 31.3 Å². The van der Waals surface area contributed by atoms with Crippen LogP contribution >= 0.6 is 0 Å². The highest BCUT2D eigenvalue weighted by molar-refractivity contribution is 5.12. The van der Waals surface area contributed by atoms with E-state index < -0.39 is 0 Å². The Labute approximate surface area is 109 Å². The number of nitrogens with one attached hydrogen (secondary N) is 1. The maximum Gasteiger partial charge on any atom is 0.125 e. The minimum atomic E-state index is 0.570. The third kappa shape index (κ3) is 2.32. The van der Waals surface area contributed by atoms with E-state index >= 15 is 0 Å². The standard InChI is InChI=1S/C15H21N3/c1-10(15-8-12-3-4-13(15)7-12)17-9-14-5-6-16-11(2)18-14/h3-6,10,12-13,15,17H,7-9H2,1-2H3. The number of rotatable bonds is 4. The highest BCUT2D eigenvalue weighted by Gasteiger charge is 2.38. The highest BCUT2D eigenvalue weighted by Crippen LogP contribution is 2.44. The van der Waals surface area contributed by atoms with Crippen LogP contribution in [0.5, 0.6) is 0 Å². The van der Waals surface area contributed by atoms with Gasteiger partial charge in [-0.05, 0) is 50.5 Å². The molecule has 18 heavy (non-hydrogen) atoms. The second-order valence-electron chi connectivity index (χ2n) is 5.71. The summed E-state index contributed by atoms with van der Waals surface area (Å²) in [7, 11) is 0. The van der Waals surface area contributed by atoms with Gasteiger partial charge in [-0.15, -0.1) is 0 Å². The molecule has 4 atom stereocenters. The summed E-state index contributed by atoms with van der Waals surface area (Å²) in [5, 5.41) is 3.63. The van der Waals surface area contributed by atoms with Gasteiger partial charge in [-0.3, -0.25) is 0 Å². The maximum absolute atomic E-state index is 4.43. The number of hydrogen-bond acceptors (Lipinski definition) is 3. The molecule has 1 N–H and O–H groups in total. The van der Waals surface area contributed by atoms with Crippen molar-refractivity contribution in [1.29, 1.82) is 0 Å². The first kappa shape index (κ1) is 11.8. The summed E-state index contributed by atoms with van der Waals surface area (Å²) in [4.78, 5) is 8.56. The van der Waals surface area contributed by atoms with Crippen molar-refractivity contribution in [1.82, 2.24) is 15.3 Å². The van der Waals surface area contributed by atoms with Crippen molar-refractivity contribution in [2.24, 2.45) is 17.8 Å². The largest absolute Gasteiger partial charge is 0.308 e. The summed E-state index contributed by atoms with van der Waals surface area (Å²) in [6.07, 6.45) is 9.40. The maximum atomic E-state index is 4.43. The fourth-order valence-electron chi connectivity index (χ4n) is 3.42. The molecule has 2 aliphatic rings. The van der Waals surface area contributed by atoms with Crippen LogP contribution in [0.15, 0.2) is 24.4 Å². The van der Waals surface area contributed by atoms with Gasteiger partial charge in [0.1, 0.15) is 5.82 Å². The predicted molar refractivity (Wildman–Crippen MR) is 71.9 cm³/mol. The lowest BCUT2D eigenvalue weighted by molar-refractivity contribution is 0.325. The molecule has 1 saturated carbocycles. The third-order valence-electron chi connectivity index (χ3n) is 4.41. The third-order valence-corrected chi connectivity index (χ3v) is 4.41. The van der Waals surface area contributed by atoms with Crippen LogP contribution in [-0.4, -0.2) is 16.0 Å². The lowest BCUT2D eigenvalue weighted by atomic mass is 9.87. The Morgan fingerprint density at radius 3 is 2.94 bits per heavy atom. The van der Waals surface area contributed by atoms with Crippen molar-refractivity contribution in [3.63, 3.8) is 0 Å². The van der Waals surface area contributed by atoms with E-state index in [1.807, 2.05) is 19.2 Å². The number of allylic oxidation sites excluding steroid dienone is 2. The summed E-state index contributed by atoms with van der Waals surface area (Å²) >= 11 is 0.